The van der Waals surface area contributed by atoms with Gasteiger partial charge in [-0.3, -0.25) is 0 Å². The van der Waals surface area contributed by atoms with Crippen molar-refractivity contribution in [3.8, 4) is 34.4 Å². The zero-order valence-corrected chi connectivity index (χ0v) is 25.1. The van der Waals surface area contributed by atoms with Crippen molar-refractivity contribution in [3.05, 3.63) is 144 Å². The van der Waals surface area contributed by atoms with Gasteiger partial charge in [0.25, 0.3) is 0 Å². The van der Waals surface area contributed by atoms with Crippen molar-refractivity contribution in [3.63, 3.8) is 0 Å². The average Bonchev–Trinajstić information content (AvgIpc) is 3.61. The number of phenols is 4. The monoisotopic (exact) mass is 630 g/mol. The molecule has 0 spiro atoms. The maximum absolute atomic E-state index is 11.2. The van der Waals surface area contributed by atoms with E-state index >= 15 is 0 Å². The van der Waals surface area contributed by atoms with Gasteiger partial charge in [-0.2, -0.15) is 0 Å². The Hall–Kier alpha value is -6.80. The van der Waals surface area contributed by atoms with Crippen LogP contribution in [-0.2, 0) is 0 Å². The van der Waals surface area contributed by atoms with Crippen LogP contribution in [0.1, 0.15) is 11.1 Å². The van der Waals surface area contributed by atoms with Crippen LogP contribution in [0.2, 0.25) is 0 Å². The molecule has 8 aromatic rings. The molecular weight excluding hydrogens is 604 g/mol. The first-order valence-corrected chi connectivity index (χ1v) is 15.3. The van der Waals surface area contributed by atoms with Gasteiger partial charge >= 0.3 is 0 Å². The summed E-state index contributed by atoms with van der Waals surface area (Å²) in [6.07, 6.45) is 0. The molecule has 48 heavy (non-hydrogen) atoms. The van der Waals surface area contributed by atoms with Crippen LogP contribution in [0.15, 0.2) is 133 Å². The third-order valence-electron chi connectivity index (χ3n) is 9.29. The van der Waals surface area contributed by atoms with E-state index in [1.807, 2.05) is 106 Å². The summed E-state index contributed by atoms with van der Waals surface area (Å²) < 4.78 is 3.83. The Labute approximate surface area is 272 Å². The van der Waals surface area contributed by atoms with Gasteiger partial charge in [-0.1, -0.05) is 72.8 Å². The molecule has 9 rings (SSSR count). The summed E-state index contributed by atoms with van der Waals surface area (Å²) in [5, 5.41) is 71.3. The fraction of sp³-hybridized carbons (Fsp3) is 0. The molecule has 0 atom stereocenters. The zero-order chi connectivity index (χ0) is 32.8. The molecule has 0 saturated heterocycles. The van der Waals surface area contributed by atoms with Crippen LogP contribution in [0.5, 0.6) is 23.0 Å². The van der Waals surface area contributed by atoms with E-state index in [0.717, 1.165) is 43.6 Å². The largest absolute Gasteiger partial charge is 0.507 e. The van der Waals surface area contributed by atoms with Gasteiger partial charge in [0.05, 0.1) is 55.7 Å². The van der Waals surface area contributed by atoms with E-state index < -0.39 is 11.5 Å². The van der Waals surface area contributed by atoms with Gasteiger partial charge in [0.1, 0.15) is 34.5 Å². The van der Waals surface area contributed by atoms with Crippen LogP contribution in [0.25, 0.3) is 66.1 Å². The van der Waals surface area contributed by atoms with Gasteiger partial charge in [0.15, 0.2) is 0 Å². The number of phenolic OH excluding ortho intramolecular Hbond substituents is 4. The molecular formula is C40H26N2O6. The van der Waals surface area contributed by atoms with Crippen LogP contribution in [0, 0.1) is 0 Å². The lowest BCUT2D eigenvalue weighted by Crippen LogP contribution is -2.12. The Kier molecular flexibility index (Phi) is 5.64. The van der Waals surface area contributed by atoms with E-state index in [4.69, 9.17) is 0 Å². The summed E-state index contributed by atoms with van der Waals surface area (Å²) in [6, 6.07) is 37.1. The third-order valence-corrected chi connectivity index (χ3v) is 9.29. The van der Waals surface area contributed by atoms with Crippen molar-refractivity contribution in [1.82, 2.24) is 9.13 Å². The highest BCUT2D eigenvalue weighted by atomic mass is 16.3. The predicted octanol–water partition coefficient (Wildman–Crippen LogP) is 8.96. The fourth-order valence-corrected chi connectivity index (χ4v) is 7.25. The maximum Gasteiger partial charge on any atom is 0.139 e. The molecule has 1 aliphatic rings. The minimum atomic E-state index is -0.502. The Morgan fingerprint density at radius 1 is 0.333 bits per heavy atom. The molecule has 0 radical (unpaired) electrons. The summed E-state index contributed by atoms with van der Waals surface area (Å²) in [5.41, 5.74) is 3.66. The standard InChI is InChI=1S/C40H26N2O6/c43-31-17-21(41-27-13-5-1-9-23(27)24-10-2-6-14-28(24)41)18-32(44)35(31)37-39(47)38(40(37)48)36-33(45)19-22(20-34(36)46)42-29-15-7-3-11-25(29)26-12-4-8-16-30(26)42/h1-20,43-48H. The second-order valence-corrected chi connectivity index (χ2v) is 11.9. The number of hydrogen-bond donors (Lipinski definition) is 6. The fourth-order valence-electron chi connectivity index (χ4n) is 7.25. The van der Waals surface area contributed by atoms with Crippen molar-refractivity contribution in [1.29, 1.82) is 0 Å². The summed E-state index contributed by atoms with van der Waals surface area (Å²) in [7, 11) is 0. The third kappa shape index (κ3) is 3.65. The molecule has 232 valence electrons. The molecule has 0 aliphatic heterocycles. The maximum atomic E-state index is 11.2. The molecule has 2 aromatic heterocycles. The van der Waals surface area contributed by atoms with Crippen molar-refractivity contribution >= 4 is 54.8 Å². The number of aliphatic hydroxyl groups is 2. The first kappa shape index (κ1) is 27.5. The molecule has 0 fully saturated rings. The first-order valence-electron chi connectivity index (χ1n) is 15.3. The van der Waals surface area contributed by atoms with Gasteiger partial charge in [0.2, 0.25) is 0 Å². The van der Waals surface area contributed by atoms with E-state index in [1.165, 1.54) is 24.3 Å². The van der Waals surface area contributed by atoms with Crippen molar-refractivity contribution in [2.24, 2.45) is 0 Å². The number of benzene rings is 6. The summed E-state index contributed by atoms with van der Waals surface area (Å²) >= 11 is 0. The summed E-state index contributed by atoms with van der Waals surface area (Å²) in [4.78, 5) is 0. The van der Waals surface area contributed by atoms with Crippen molar-refractivity contribution in [2.45, 2.75) is 0 Å². The van der Waals surface area contributed by atoms with Crippen molar-refractivity contribution < 1.29 is 30.6 Å². The van der Waals surface area contributed by atoms with Gasteiger partial charge in [-0.25, -0.2) is 0 Å². The zero-order valence-electron chi connectivity index (χ0n) is 25.1. The molecule has 0 saturated carbocycles. The van der Waals surface area contributed by atoms with E-state index in [2.05, 4.69) is 0 Å². The molecule has 6 N–H and O–H groups in total. The molecule has 6 aromatic carbocycles. The highest BCUT2D eigenvalue weighted by Gasteiger charge is 2.38. The van der Waals surface area contributed by atoms with Crippen molar-refractivity contribution in [2.75, 3.05) is 0 Å². The van der Waals surface area contributed by atoms with Crippen LogP contribution in [0.3, 0.4) is 0 Å². The highest BCUT2D eigenvalue weighted by Crippen LogP contribution is 2.53. The number of aromatic hydroxyl groups is 4. The molecule has 2 heterocycles. The number of aromatic nitrogens is 2. The van der Waals surface area contributed by atoms with E-state index in [9.17, 15) is 30.6 Å². The minimum Gasteiger partial charge on any atom is -0.507 e. The Balaban J connectivity index is 1.13. The predicted molar refractivity (Wildman–Crippen MR) is 187 cm³/mol. The van der Waals surface area contributed by atoms with Gasteiger partial charge < -0.3 is 39.8 Å². The van der Waals surface area contributed by atoms with E-state index in [0.29, 0.717) is 11.4 Å². The minimum absolute atomic E-state index is 0.181. The smallest absolute Gasteiger partial charge is 0.139 e. The summed E-state index contributed by atoms with van der Waals surface area (Å²) in [5.74, 6) is -2.53. The van der Waals surface area contributed by atoms with Crippen LogP contribution < -0.4 is 0 Å². The molecule has 0 unspecified atom stereocenters. The van der Waals surface area contributed by atoms with Crippen LogP contribution in [0.4, 0.5) is 0 Å². The molecule has 8 heteroatoms. The second kappa shape index (κ2) is 9.85. The number of hydrogen-bond acceptors (Lipinski definition) is 6. The van der Waals surface area contributed by atoms with Crippen LogP contribution in [-0.4, -0.2) is 39.8 Å². The second-order valence-electron chi connectivity index (χ2n) is 11.9. The van der Waals surface area contributed by atoms with E-state index in [-0.39, 0.29) is 45.3 Å². The van der Waals surface area contributed by atoms with E-state index in [1.54, 1.807) is 0 Å². The Morgan fingerprint density at radius 2 is 0.583 bits per heavy atom. The molecule has 1 aliphatic carbocycles. The number of aliphatic hydroxyl groups excluding tert-OH is 2. The SMILES string of the molecule is OC1=C(c2c(O)cc(-n3c4ccccc4c4ccccc43)cc2O)C(O)=C1c1c(O)cc(-n2c3ccccc3c3ccccc32)cc1O. The average molecular weight is 631 g/mol. The normalized spacial score (nSPS) is 13.3. The van der Waals surface area contributed by atoms with Gasteiger partial charge in [-0.05, 0) is 24.3 Å². The van der Waals surface area contributed by atoms with Gasteiger partial charge in [0, 0.05) is 45.8 Å². The molecule has 0 amide bonds. The topological polar surface area (TPSA) is 131 Å². The molecule has 0 bridgehead atoms. The first-order chi connectivity index (χ1) is 23.3. The Morgan fingerprint density at radius 3 is 0.854 bits per heavy atom. The number of para-hydroxylation sites is 4. The highest BCUT2D eigenvalue weighted by molar-refractivity contribution is 6.12. The van der Waals surface area contributed by atoms with Crippen LogP contribution >= 0.6 is 0 Å². The number of rotatable bonds is 4. The Bertz CT molecular complexity index is 2390. The summed E-state index contributed by atoms with van der Waals surface area (Å²) in [6.45, 7) is 0. The quantitative estimate of drug-likeness (QED) is 0.115. The number of nitrogens with zero attached hydrogens (tertiary/aromatic N) is 2. The lowest BCUT2D eigenvalue weighted by atomic mass is 9.83. The lowest BCUT2D eigenvalue weighted by molar-refractivity contribution is 0.381. The molecule has 8 nitrogen and oxygen atoms in total. The van der Waals surface area contributed by atoms with Gasteiger partial charge in [-0.15, -0.1) is 0 Å². The number of fused-ring (bicyclic) bond motifs is 6. The lowest BCUT2D eigenvalue weighted by Gasteiger charge is -2.26. The number of allylic oxidation sites excluding steroid dienone is 2.